The van der Waals surface area contributed by atoms with Crippen LogP contribution < -0.4 is 5.32 Å². The van der Waals surface area contributed by atoms with Crippen molar-refractivity contribution in [3.63, 3.8) is 0 Å². The van der Waals surface area contributed by atoms with Gasteiger partial charge in [-0.2, -0.15) is 0 Å². The van der Waals surface area contributed by atoms with Gasteiger partial charge in [0, 0.05) is 43.6 Å². The number of carbonyl (C=O) groups excluding carboxylic acids is 2. The van der Waals surface area contributed by atoms with Crippen molar-refractivity contribution < 1.29 is 14.0 Å². The lowest BCUT2D eigenvalue weighted by atomic mass is 10.1. The second-order valence-corrected chi connectivity index (χ2v) is 6.92. The normalized spacial score (nSPS) is 20.7. The number of nitrogens with zero attached hydrogens (tertiary/aromatic N) is 2. The van der Waals surface area contributed by atoms with Gasteiger partial charge in [-0.3, -0.25) is 14.5 Å². The molecule has 2 fully saturated rings. The summed E-state index contributed by atoms with van der Waals surface area (Å²) in [6, 6.07) is 7.03. The van der Waals surface area contributed by atoms with Crippen LogP contribution in [0.15, 0.2) is 24.3 Å². The molecular weight excluding hydrogens is 309 g/mol. The molecule has 5 nitrogen and oxygen atoms in total. The first kappa shape index (κ1) is 16.9. The van der Waals surface area contributed by atoms with Crippen molar-refractivity contribution >= 4 is 11.8 Å². The molecule has 1 aliphatic carbocycles. The van der Waals surface area contributed by atoms with Crippen LogP contribution in [-0.2, 0) is 16.1 Å². The predicted octanol–water partition coefficient (Wildman–Crippen LogP) is 1.38. The van der Waals surface area contributed by atoms with Gasteiger partial charge in [-0.15, -0.1) is 0 Å². The highest BCUT2D eigenvalue weighted by Gasteiger charge is 2.39. The van der Waals surface area contributed by atoms with Gasteiger partial charge in [0.05, 0.1) is 6.54 Å². The van der Waals surface area contributed by atoms with Gasteiger partial charge in [-0.25, -0.2) is 4.39 Å². The summed E-state index contributed by atoms with van der Waals surface area (Å²) < 4.78 is 13.6. The molecule has 1 heterocycles. The highest BCUT2D eigenvalue weighted by Crippen LogP contribution is 2.32. The summed E-state index contributed by atoms with van der Waals surface area (Å²) in [6.07, 6.45) is 2.76. The molecule has 1 saturated heterocycles. The van der Waals surface area contributed by atoms with Crippen LogP contribution in [0.25, 0.3) is 0 Å². The predicted molar refractivity (Wildman–Crippen MR) is 88.6 cm³/mol. The molecule has 0 radical (unpaired) electrons. The molecular formula is C18H24FN3O2. The summed E-state index contributed by atoms with van der Waals surface area (Å²) >= 11 is 0. The molecule has 3 rings (SSSR count). The van der Waals surface area contributed by atoms with Crippen molar-refractivity contribution in [2.24, 2.45) is 5.92 Å². The van der Waals surface area contributed by atoms with Gasteiger partial charge in [0.2, 0.25) is 11.8 Å². The monoisotopic (exact) mass is 333 g/mol. The highest BCUT2D eigenvalue weighted by molar-refractivity contribution is 5.80. The van der Waals surface area contributed by atoms with E-state index < -0.39 is 0 Å². The Balaban J connectivity index is 1.39. The van der Waals surface area contributed by atoms with Crippen molar-refractivity contribution in [1.29, 1.82) is 0 Å². The van der Waals surface area contributed by atoms with E-state index in [0.29, 0.717) is 31.1 Å². The number of likely N-dealkylation sites (N-methyl/N-ethyl adjacent to an activating group) is 1. The van der Waals surface area contributed by atoms with E-state index in [-0.39, 0.29) is 30.1 Å². The molecule has 130 valence electrons. The van der Waals surface area contributed by atoms with Crippen LogP contribution in [0.5, 0.6) is 0 Å². The van der Waals surface area contributed by atoms with Crippen molar-refractivity contribution in [1.82, 2.24) is 15.1 Å². The average Bonchev–Trinajstić information content (AvgIpc) is 3.31. The quantitative estimate of drug-likeness (QED) is 0.820. The number of amides is 2. The van der Waals surface area contributed by atoms with Gasteiger partial charge in [-0.05, 0) is 26.0 Å². The number of likely N-dealkylation sites (tertiary alicyclic amines) is 1. The van der Waals surface area contributed by atoms with E-state index in [0.717, 1.165) is 19.4 Å². The van der Waals surface area contributed by atoms with Gasteiger partial charge in [-0.1, -0.05) is 18.2 Å². The fourth-order valence-corrected chi connectivity index (χ4v) is 3.22. The first-order chi connectivity index (χ1) is 11.5. The second-order valence-electron chi connectivity index (χ2n) is 6.92. The highest BCUT2D eigenvalue weighted by atomic mass is 19.1. The maximum absolute atomic E-state index is 13.6. The molecule has 0 spiro atoms. The molecule has 0 unspecified atom stereocenters. The molecule has 1 aromatic carbocycles. The Bertz CT molecular complexity index is 618. The number of hydrogen-bond acceptors (Lipinski definition) is 3. The standard InChI is InChI=1S/C18H24FN3O2/c1-21(11-14-4-2-3-5-16(14)19)12-17(23)20-9-13-8-18(24)22(10-13)15-6-7-15/h2-5,13,15H,6-12H2,1H3,(H,20,23)/t13-/m1/s1. The van der Waals surface area contributed by atoms with Crippen LogP contribution in [-0.4, -0.2) is 54.3 Å². The summed E-state index contributed by atoms with van der Waals surface area (Å²) in [6.45, 7) is 1.88. The summed E-state index contributed by atoms with van der Waals surface area (Å²) in [5.41, 5.74) is 0.578. The molecule has 24 heavy (non-hydrogen) atoms. The third kappa shape index (κ3) is 4.32. The van der Waals surface area contributed by atoms with Crippen molar-refractivity contribution in [2.45, 2.75) is 31.8 Å². The third-order valence-electron chi connectivity index (χ3n) is 4.63. The minimum atomic E-state index is -0.255. The lowest BCUT2D eigenvalue weighted by Crippen LogP contribution is -2.38. The Labute approximate surface area is 141 Å². The molecule has 1 aliphatic heterocycles. The zero-order valence-corrected chi connectivity index (χ0v) is 14.0. The zero-order chi connectivity index (χ0) is 17.1. The molecule has 1 N–H and O–H groups in total. The maximum Gasteiger partial charge on any atom is 0.234 e. The van der Waals surface area contributed by atoms with Crippen molar-refractivity contribution in [2.75, 3.05) is 26.7 Å². The van der Waals surface area contributed by atoms with E-state index in [9.17, 15) is 14.0 Å². The van der Waals surface area contributed by atoms with E-state index in [4.69, 9.17) is 0 Å². The van der Waals surface area contributed by atoms with Crippen LogP contribution >= 0.6 is 0 Å². The fourth-order valence-electron chi connectivity index (χ4n) is 3.22. The molecule has 2 aliphatic rings. The minimum absolute atomic E-state index is 0.0915. The Morgan fingerprint density at radius 1 is 1.38 bits per heavy atom. The topological polar surface area (TPSA) is 52.7 Å². The number of rotatable bonds is 7. The molecule has 0 aromatic heterocycles. The number of nitrogens with one attached hydrogen (secondary N) is 1. The van der Waals surface area contributed by atoms with Crippen molar-refractivity contribution in [3.8, 4) is 0 Å². The average molecular weight is 333 g/mol. The Morgan fingerprint density at radius 2 is 2.12 bits per heavy atom. The Kier molecular flexibility index (Phi) is 5.14. The van der Waals surface area contributed by atoms with Crippen LogP contribution in [0.1, 0.15) is 24.8 Å². The molecule has 6 heteroatoms. The molecule has 0 bridgehead atoms. The van der Waals surface area contributed by atoms with E-state index in [1.165, 1.54) is 6.07 Å². The van der Waals surface area contributed by atoms with Crippen LogP contribution in [0.3, 0.4) is 0 Å². The molecule has 2 amide bonds. The minimum Gasteiger partial charge on any atom is -0.355 e. The van der Waals surface area contributed by atoms with E-state index in [1.54, 1.807) is 30.1 Å². The summed E-state index contributed by atoms with van der Waals surface area (Å²) in [7, 11) is 1.79. The molecule has 1 aromatic rings. The smallest absolute Gasteiger partial charge is 0.234 e. The second kappa shape index (κ2) is 7.30. The summed E-state index contributed by atoms with van der Waals surface area (Å²) in [4.78, 5) is 27.7. The maximum atomic E-state index is 13.6. The SMILES string of the molecule is CN(CC(=O)NC[C@H]1CC(=O)N(C2CC2)C1)Cc1ccccc1F. The van der Waals surface area contributed by atoms with Gasteiger partial charge in [0.25, 0.3) is 0 Å². The summed E-state index contributed by atoms with van der Waals surface area (Å²) in [5, 5.41) is 2.90. The van der Waals surface area contributed by atoms with Crippen LogP contribution in [0, 0.1) is 11.7 Å². The zero-order valence-electron chi connectivity index (χ0n) is 14.0. The number of halogens is 1. The molecule has 1 saturated carbocycles. The molecule has 1 atom stereocenters. The van der Waals surface area contributed by atoms with Gasteiger partial charge < -0.3 is 10.2 Å². The van der Waals surface area contributed by atoms with E-state index in [1.807, 2.05) is 4.90 Å². The number of benzene rings is 1. The van der Waals surface area contributed by atoms with Gasteiger partial charge >= 0.3 is 0 Å². The lowest BCUT2D eigenvalue weighted by Gasteiger charge is -2.18. The fraction of sp³-hybridized carbons (Fsp3) is 0.556. The number of hydrogen-bond donors (Lipinski definition) is 1. The summed E-state index contributed by atoms with van der Waals surface area (Å²) in [5.74, 6) is 0.0768. The third-order valence-corrected chi connectivity index (χ3v) is 4.63. The van der Waals surface area contributed by atoms with E-state index >= 15 is 0 Å². The Morgan fingerprint density at radius 3 is 2.83 bits per heavy atom. The van der Waals surface area contributed by atoms with Gasteiger partial charge in [0.1, 0.15) is 5.82 Å². The van der Waals surface area contributed by atoms with Crippen LogP contribution in [0.2, 0.25) is 0 Å². The van der Waals surface area contributed by atoms with Crippen LogP contribution in [0.4, 0.5) is 4.39 Å². The van der Waals surface area contributed by atoms with E-state index in [2.05, 4.69) is 5.32 Å². The largest absolute Gasteiger partial charge is 0.355 e. The first-order valence-corrected chi connectivity index (χ1v) is 8.51. The Hall–Kier alpha value is -1.95. The first-order valence-electron chi connectivity index (χ1n) is 8.51. The van der Waals surface area contributed by atoms with Crippen molar-refractivity contribution in [3.05, 3.63) is 35.6 Å². The number of carbonyl (C=O) groups is 2. The lowest BCUT2D eigenvalue weighted by molar-refractivity contribution is -0.128. The van der Waals surface area contributed by atoms with Gasteiger partial charge in [0.15, 0.2) is 0 Å².